The van der Waals surface area contributed by atoms with Gasteiger partial charge in [-0.3, -0.25) is 0 Å². The molecule has 3 heteroatoms. The van der Waals surface area contributed by atoms with Crippen LogP contribution in [0.1, 0.15) is 18.1 Å². The summed E-state index contributed by atoms with van der Waals surface area (Å²) in [5.74, 6) is 0. The molecule has 1 aromatic heterocycles. The molecule has 3 nitrogen and oxygen atoms in total. The van der Waals surface area contributed by atoms with E-state index in [4.69, 9.17) is 5.73 Å². The third-order valence-corrected chi connectivity index (χ3v) is 2.63. The Morgan fingerprint density at radius 3 is 2.38 bits per heavy atom. The van der Waals surface area contributed by atoms with E-state index in [9.17, 15) is 0 Å². The lowest BCUT2D eigenvalue weighted by Crippen LogP contribution is -2.35. The summed E-state index contributed by atoms with van der Waals surface area (Å²) in [6.45, 7) is 2.00. The SMILES string of the molecule is CC(N)(Cc1ccccc1)c1cncnc1. The van der Waals surface area contributed by atoms with Gasteiger partial charge in [-0.05, 0) is 18.9 Å². The van der Waals surface area contributed by atoms with Gasteiger partial charge in [-0.1, -0.05) is 30.3 Å². The highest BCUT2D eigenvalue weighted by Gasteiger charge is 2.21. The number of nitrogens with two attached hydrogens (primary N) is 1. The van der Waals surface area contributed by atoms with Gasteiger partial charge in [-0.2, -0.15) is 0 Å². The van der Waals surface area contributed by atoms with Gasteiger partial charge in [0.05, 0.1) is 0 Å². The van der Waals surface area contributed by atoms with Crippen LogP contribution >= 0.6 is 0 Å². The Kier molecular flexibility index (Phi) is 2.97. The van der Waals surface area contributed by atoms with Crippen molar-refractivity contribution >= 4 is 0 Å². The summed E-state index contributed by atoms with van der Waals surface area (Å²) in [6.07, 6.45) is 5.84. The summed E-state index contributed by atoms with van der Waals surface area (Å²) < 4.78 is 0. The molecule has 0 aliphatic carbocycles. The summed E-state index contributed by atoms with van der Waals surface area (Å²) in [6, 6.07) is 10.2. The average Bonchev–Trinajstić information content (AvgIpc) is 2.31. The van der Waals surface area contributed by atoms with Crippen LogP contribution in [0.2, 0.25) is 0 Å². The van der Waals surface area contributed by atoms with Crippen LogP contribution in [0.3, 0.4) is 0 Å². The van der Waals surface area contributed by atoms with Crippen molar-refractivity contribution in [2.45, 2.75) is 18.9 Å². The molecule has 2 N–H and O–H groups in total. The van der Waals surface area contributed by atoms with Gasteiger partial charge < -0.3 is 5.73 Å². The number of benzene rings is 1. The first-order valence-electron chi connectivity index (χ1n) is 5.27. The maximum Gasteiger partial charge on any atom is 0.115 e. The number of aromatic nitrogens is 2. The first-order valence-corrected chi connectivity index (χ1v) is 5.27. The van der Waals surface area contributed by atoms with Crippen molar-refractivity contribution in [3.63, 3.8) is 0 Å². The van der Waals surface area contributed by atoms with Gasteiger partial charge in [0.15, 0.2) is 0 Å². The molecule has 0 spiro atoms. The standard InChI is InChI=1S/C13H15N3/c1-13(14,12-8-15-10-16-9-12)7-11-5-3-2-4-6-11/h2-6,8-10H,7,14H2,1H3. The maximum atomic E-state index is 6.29. The Morgan fingerprint density at radius 1 is 1.12 bits per heavy atom. The largest absolute Gasteiger partial charge is 0.321 e. The van der Waals surface area contributed by atoms with E-state index in [1.807, 2.05) is 25.1 Å². The summed E-state index contributed by atoms with van der Waals surface area (Å²) in [5, 5.41) is 0. The Balaban J connectivity index is 2.21. The zero-order valence-corrected chi connectivity index (χ0v) is 9.30. The Bertz CT molecular complexity index is 437. The fourth-order valence-electron chi connectivity index (χ4n) is 1.72. The van der Waals surface area contributed by atoms with Crippen molar-refractivity contribution in [3.8, 4) is 0 Å². The minimum atomic E-state index is -0.428. The molecular formula is C13H15N3. The van der Waals surface area contributed by atoms with Crippen LogP contribution in [-0.2, 0) is 12.0 Å². The minimum absolute atomic E-state index is 0.428. The predicted octanol–water partition coefficient (Wildman–Crippen LogP) is 1.89. The van der Waals surface area contributed by atoms with Gasteiger partial charge >= 0.3 is 0 Å². The molecule has 0 aliphatic rings. The molecule has 16 heavy (non-hydrogen) atoms. The Labute approximate surface area is 95.4 Å². The van der Waals surface area contributed by atoms with Crippen LogP contribution in [0.25, 0.3) is 0 Å². The monoisotopic (exact) mass is 213 g/mol. The second-order valence-electron chi connectivity index (χ2n) is 4.21. The molecule has 0 saturated carbocycles. The van der Waals surface area contributed by atoms with Crippen molar-refractivity contribution in [2.24, 2.45) is 5.73 Å². The van der Waals surface area contributed by atoms with Gasteiger partial charge in [-0.25, -0.2) is 9.97 Å². The second-order valence-corrected chi connectivity index (χ2v) is 4.21. The van der Waals surface area contributed by atoms with E-state index in [0.29, 0.717) is 0 Å². The van der Waals surface area contributed by atoms with E-state index in [-0.39, 0.29) is 0 Å². The molecule has 2 rings (SSSR count). The van der Waals surface area contributed by atoms with Crippen molar-refractivity contribution in [3.05, 3.63) is 60.2 Å². The maximum absolute atomic E-state index is 6.29. The Hall–Kier alpha value is -1.74. The van der Waals surface area contributed by atoms with E-state index in [0.717, 1.165) is 12.0 Å². The molecule has 0 bridgehead atoms. The molecule has 0 fully saturated rings. The number of nitrogens with zero attached hydrogens (tertiary/aromatic N) is 2. The van der Waals surface area contributed by atoms with Crippen LogP contribution < -0.4 is 5.73 Å². The van der Waals surface area contributed by atoms with Crippen molar-refractivity contribution in [1.29, 1.82) is 0 Å². The lowest BCUT2D eigenvalue weighted by Gasteiger charge is -2.24. The van der Waals surface area contributed by atoms with Crippen molar-refractivity contribution < 1.29 is 0 Å². The Morgan fingerprint density at radius 2 is 1.75 bits per heavy atom. The predicted molar refractivity (Wildman–Crippen MR) is 63.7 cm³/mol. The molecule has 0 saturated heterocycles. The van der Waals surface area contributed by atoms with Gasteiger partial charge in [0, 0.05) is 23.5 Å². The van der Waals surface area contributed by atoms with Crippen LogP contribution in [0.4, 0.5) is 0 Å². The minimum Gasteiger partial charge on any atom is -0.321 e. The third kappa shape index (κ3) is 2.44. The summed E-state index contributed by atoms with van der Waals surface area (Å²) in [5.41, 5.74) is 8.04. The first-order chi connectivity index (χ1) is 7.68. The third-order valence-electron chi connectivity index (χ3n) is 2.63. The summed E-state index contributed by atoms with van der Waals surface area (Å²) in [7, 11) is 0. The zero-order chi connectivity index (χ0) is 11.4. The molecule has 2 aromatic rings. The highest BCUT2D eigenvalue weighted by atomic mass is 14.8. The normalized spacial score (nSPS) is 14.4. The smallest absolute Gasteiger partial charge is 0.115 e. The van der Waals surface area contributed by atoms with Crippen molar-refractivity contribution in [2.75, 3.05) is 0 Å². The van der Waals surface area contributed by atoms with Gasteiger partial charge in [0.25, 0.3) is 0 Å². The molecule has 0 aliphatic heterocycles. The fourth-order valence-corrected chi connectivity index (χ4v) is 1.72. The molecule has 1 unspecified atom stereocenters. The first kappa shape index (κ1) is 10.8. The lowest BCUT2D eigenvalue weighted by atomic mass is 9.88. The molecule has 1 heterocycles. The van der Waals surface area contributed by atoms with E-state index >= 15 is 0 Å². The fraction of sp³-hybridized carbons (Fsp3) is 0.231. The lowest BCUT2D eigenvalue weighted by molar-refractivity contribution is 0.487. The number of rotatable bonds is 3. The second kappa shape index (κ2) is 4.41. The molecule has 0 radical (unpaired) electrons. The highest BCUT2D eigenvalue weighted by Crippen LogP contribution is 2.20. The number of hydrogen-bond donors (Lipinski definition) is 1. The molecule has 1 atom stereocenters. The van der Waals surface area contributed by atoms with E-state index < -0.39 is 5.54 Å². The van der Waals surface area contributed by atoms with Gasteiger partial charge in [0.2, 0.25) is 0 Å². The van der Waals surface area contributed by atoms with E-state index in [1.54, 1.807) is 12.4 Å². The molecule has 82 valence electrons. The summed E-state index contributed by atoms with van der Waals surface area (Å²) >= 11 is 0. The van der Waals surface area contributed by atoms with Crippen LogP contribution in [0.15, 0.2) is 49.1 Å². The van der Waals surface area contributed by atoms with Crippen molar-refractivity contribution in [1.82, 2.24) is 9.97 Å². The van der Waals surface area contributed by atoms with Gasteiger partial charge in [0.1, 0.15) is 6.33 Å². The zero-order valence-electron chi connectivity index (χ0n) is 9.30. The van der Waals surface area contributed by atoms with E-state index in [1.165, 1.54) is 11.9 Å². The summed E-state index contributed by atoms with van der Waals surface area (Å²) in [4.78, 5) is 8.00. The number of hydrogen-bond acceptors (Lipinski definition) is 3. The molecule has 0 amide bonds. The van der Waals surface area contributed by atoms with E-state index in [2.05, 4.69) is 22.1 Å². The molecule has 1 aromatic carbocycles. The highest BCUT2D eigenvalue weighted by molar-refractivity contribution is 5.23. The molecular weight excluding hydrogens is 198 g/mol. The van der Waals surface area contributed by atoms with Gasteiger partial charge in [-0.15, -0.1) is 0 Å². The topological polar surface area (TPSA) is 51.8 Å². The van der Waals surface area contributed by atoms with Crippen LogP contribution in [-0.4, -0.2) is 9.97 Å². The van der Waals surface area contributed by atoms with Crippen LogP contribution in [0, 0.1) is 0 Å². The average molecular weight is 213 g/mol. The van der Waals surface area contributed by atoms with Crippen LogP contribution in [0.5, 0.6) is 0 Å². The quantitative estimate of drug-likeness (QED) is 0.847.